The van der Waals surface area contributed by atoms with Crippen LogP contribution in [0, 0.1) is 5.92 Å². The average molecular weight is 418 g/mol. The van der Waals surface area contributed by atoms with E-state index >= 15 is 0 Å². The maximum absolute atomic E-state index is 12.7. The predicted octanol–water partition coefficient (Wildman–Crippen LogP) is 3.41. The molecule has 2 aromatic carbocycles. The van der Waals surface area contributed by atoms with Gasteiger partial charge in [0, 0.05) is 17.4 Å². The molecular formula is C25H26N2O4. The zero-order chi connectivity index (χ0) is 21.4. The van der Waals surface area contributed by atoms with Crippen molar-refractivity contribution in [3.63, 3.8) is 0 Å². The monoisotopic (exact) mass is 418 g/mol. The molecule has 0 radical (unpaired) electrons. The minimum atomic E-state index is -0.317. The fraction of sp³-hybridized carbons (Fsp3) is 0.360. The first-order valence-electron chi connectivity index (χ1n) is 10.8. The molecule has 1 spiro atoms. The van der Waals surface area contributed by atoms with E-state index in [0.29, 0.717) is 30.6 Å². The molecule has 0 aromatic heterocycles. The van der Waals surface area contributed by atoms with Crippen molar-refractivity contribution in [1.82, 2.24) is 5.32 Å². The lowest BCUT2D eigenvalue weighted by molar-refractivity contribution is -0.136. The molecule has 0 amide bonds. The molecule has 0 unspecified atom stereocenters. The van der Waals surface area contributed by atoms with E-state index in [0.717, 1.165) is 24.4 Å². The van der Waals surface area contributed by atoms with E-state index in [1.54, 1.807) is 12.1 Å². The zero-order valence-electron chi connectivity index (χ0n) is 17.5. The van der Waals surface area contributed by atoms with Gasteiger partial charge in [-0.1, -0.05) is 36.4 Å². The summed E-state index contributed by atoms with van der Waals surface area (Å²) >= 11 is 0. The lowest BCUT2D eigenvalue weighted by Crippen LogP contribution is -2.50. The summed E-state index contributed by atoms with van der Waals surface area (Å²) in [6, 6.07) is 17.5. The average Bonchev–Trinajstić information content (AvgIpc) is 3.40. The number of para-hydroxylation sites is 1. The summed E-state index contributed by atoms with van der Waals surface area (Å²) in [4.78, 5) is 25.1. The normalized spacial score (nSPS) is 25.8. The molecule has 160 valence electrons. The molecule has 1 saturated heterocycles. The highest BCUT2D eigenvalue weighted by Gasteiger charge is 2.58. The number of benzene rings is 2. The molecule has 2 aliphatic heterocycles. The van der Waals surface area contributed by atoms with Gasteiger partial charge in [-0.15, -0.1) is 0 Å². The fourth-order valence-electron chi connectivity index (χ4n) is 5.63. The van der Waals surface area contributed by atoms with Gasteiger partial charge < -0.3 is 20.1 Å². The van der Waals surface area contributed by atoms with Gasteiger partial charge in [0.1, 0.15) is 0 Å². The highest BCUT2D eigenvalue weighted by atomic mass is 16.5. The number of ether oxygens (including phenoxy) is 2. The number of rotatable bonds is 5. The van der Waals surface area contributed by atoms with Crippen LogP contribution in [0.4, 0.5) is 5.69 Å². The predicted molar refractivity (Wildman–Crippen MR) is 117 cm³/mol. The Morgan fingerprint density at radius 2 is 1.84 bits per heavy atom. The smallest absolute Gasteiger partial charge is 0.338 e. The molecule has 3 atom stereocenters. The van der Waals surface area contributed by atoms with E-state index in [4.69, 9.17) is 9.47 Å². The molecule has 1 aliphatic carbocycles. The second-order valence-electron chi connectivity index (χ2n) is 8.42. The first-order chi connectivity index (χ1) is 15.1. The number of carbonyl (C=O) groups is 2. The van der Waals surface area contributed by atoms with Crippen LogP contribution in [0.5, 0.6) is 0 Å². The van der Waals surface area contributed by atoms with Crippen LogP contribution >= 0.6 is 0 Å². The maximum Gasteiger partial charge on any atom is 0.338 e. The van der Waals surface area contributed by atoms with E-state index in [-0.39, 0.29) is 29.3 Å². The third-order valence-corrected chi connectivity index (χ3v) is 6.93. The lowest BCUT2D eigenvalue weighted by atomic mass is 9.63. The lowest BCUT2D eigenvalue weighted by Gasteiger charge is -2.42. The number of nitrogens with one attached hydrogen (secondary N) is 2. The maximum atomic E-state index is 12.7. The van der Waals surface area contributed by atoms with Crippen molar-refractivity contribution in [1.29, 1.82) is 0 Å². The van der Waals surface area contributed by atoms with Gasteiger partial charge in [0.2, 0.25) is 0 Å². The van der Waals surface area contributed by atoms with Gasteiger partial charge in [-0.3, -0.25) is 0 Å². The third-order valence-electron chi connectivity index (χ3n) is 6.93. The van der Waals surface area contributed by atoms with Gasteiger partial charge in [-0.25, -0.2) is 9.59 Å². The van der Waals surface area contributed by atoms with Gasteiger partial charge in [0.05, 0.1) is 30.3 Å². The number of methoxy groups -OCH3 is 1. The highest BCUT2D eigenvalue weighted by molar-refractivity contribution is 5.93. The zero-order valence-corrected chi connectivity index (χ0v) is 17.5. The standard InChI is InChI=1S/C25H26N2O4/c1-30-24(29)18-15-17(11-14-31-23(28)16-7-3-2-4-8-16)21-25(12-13-26-21)19-9-5-6-10-20(19)27-22(18)25/h2-10,17,21,26-27H,11-15H2,1H3/t17-,21-,25+/m0/s1. The second kappa shape index (κ2) is 7.85. The molecule has 0 bridgehead atoms. The molecule has 1 fully saturated rings. The van der Waals surface area contributed by atoms with Crippen LogP contribution in [-0.4, -0.2) is 38.2 Å². The molecule has 2 N–H and O–H groups in total. The second-order valence-corrected chi connectivity index (χ2v) is 8.42. The molecule has 6 heteroatoms. The molecule has 3 aliphatic rings. The summed E-state index contributed by atoms with van der Waals surface area (Å²) < 4.78 is 10.7. The Balaban J connectivity index is 1.42. The Bertz CT molecular complexity index is 1050. The largest absolute Gasteiger partial charge is 0.466 e. The minimum absolute atomic E-state index is 0.150. The van der Waals surface area contributed by atoms with Crippen LogP contribution in [0.2, 0.25) is 0 Å². The Morgan fingerprint density at radius 1 is 1.06 bits per heavy atom. The molecule has 0 saturated carbocycles. The van der Waals surface area contributed by atoms with Gasteiger partial charge in [0.15, 0.2) is 0 Å². The van der Waals surface area contributed by atoms with Gasteiger partial charge >= 0.3 is 11.9 Å². The van der Waals surface area contributed by atoms with E-state index in [9.17, 15) is 9.59 Å². The highest BCUT2D eigenvalue weighted by Crippen LogP contribution is 2.56. The van der Waals surface area contributed by atoms with Gasteiger partial charge in [0.25, 0.3) is 0 Å². The molecule has 6 nitrogen and oxygen atoms in total. The van der Waals surface area contributed by atoms with E-state index < -0.39 is 0 Å². The minimum Gasteiger partial charge on any atom is -0.466 e. The van der Waals surface area contributed by atoms with Crippen LogP contribution in [0.25, 0.3) is 0 Å². The summed E-state index contributed by atoms with van der Waals surface area (Å²) in [6.45, 7) is 1.18. The summed E-state index contributed by atoms with van der Waals surface area (Å²) in [6.07, 6.45) is 2.18. The molecule has 2 aromatic rings. The van der Waals surface area contributed by atoms with E-state index in [1.165, 1.54) is 12.7 Å². The topological polar surface area (TPSA) is 76.7 Å². The SMILES string of the molecule is COC(=O)C1=C2Nc3ccccc3[C@@]23CCN[C@H]3[C@@H](CCOC(=O)c2ccccc2)C1. The quantitative estimate of drug-likeness (QED) is 0.725. The van der Waals surface area contributed by atoms with Crippen molar-refractivity contribution < 1.29 is 19.1 Å². The molecule has 2 heterocycles. The van der Waals surface area contributed by atoms with Gasteiger partial charge in [-0.2, -0.15) is 0 Å². The van der Waals surface area contributed by atoms with Crippen molar-refractivity contribution in [3.05, 3.63) is 77.0 Å². The molecular weight excluding hydrogens is 392 g/mol. The van der Waals surface area contributed by atoms with Crippen LogP contribution in [0.3, 0.4) is 0 Å². The van der Waals surface area contributed by atoms with Crippen LogP contribution in [0.15, 0.2) is 65.9 Å². The summed E-state index contributed by atoms with van der Waals surface area (Å²) in [5, 5.41) is 7.23. The van der Waals surface area contributed by atoms with Crippen molar-refractivity contribution in [2.75, 3.05) is 25.6 Å². The molecule has 31 heavy (non-hydrogen) atoms. The van der Waals surface area contributed by atoms with Crippen LogP contribution in [0.1, 0.15) is 35.2 Å². The number of fused-ring (bicyclic) bond motifs is 1. The van der Waals surface area contributed by atoms with Crippen molar-refractivity contribution in [2.45, 2.75) is 30.7 Å². The first-order valence-corrected chi connectivity index (χ1v) is 10.8. The summed E-state index contributed by atoms with van der Waals surface area (Å²) in [5.41, 5.74) is 4.25. The number of carbonyl (C=O) groups excluding carboxylic acids is 2. The number of esters is 2. The van der Waals surface area contributed by atoms with Crippen LogP contribution in [-0.2, 0) is 19.7 Å². The Hall–Kier alpha value is -3.12. The number of hydrogen-bond donors (Lipinski definition) is 2. The number of anilines is 1. The summed E-state index contributed by atoms with van der Waals surface area (Å²) in [5.74, 6) is -0.453. The van der Waals surface area contributed by atoms with Gasteiger partial charge in [-0.05, 0) is 55.5 Å². The molecule has 5 rings (SSSR count). The summed E-state index contributed by atoms with van der Waals surface area (Å²) in [7, 11) is 1.43. The fourth-order valence-corrected chi connectivity index (χ4v) is 5.63. The van der Waals surface area contributed by atoms with Crippen molar-refractivity contribution >= 4 is 17.6 Å². The Morgan fingerprint density at radius 3 is 2.65 bits per heavy atom. The van der Waals surface area contributed by atoms with Crippen LogP contribution < -0.4 is 10.6 Å². The van der Waals surface area contributed by atoms with E-state index in [2.05, 4.69) is 28.8 Å². The van der Waals surface area contributed by atoms with Crippen molar-refractivity contribution in [2.24, 2.45) is 5.92 Å². The van der Waals surface area contributed by atoms with E-state index in [1.807, 2.05) is 24.3 Å². The number of hydrogen-bond acceptors (Lipinski definition) is 6. The first kappa shape index (κ1) is 19.8. The van der Waals surface area contributed by atoms with Crippen molar-refractivity contribution in [3.8, 4) is 0 Å². The Labute approximate surface area is 181 Å². The third kappa shape index (κ3) is 3.13. The Kier molecular flexibility index (Phi) is 5.02.